The molecule has 0 saturated heterocycles. The second-order valence-corrected chi connectivity index (χ2v) is 7.72. The van der Waals surface area contributed by atoms with E-state index in [-0.39, 0.29) is 5.92 Å². The molecule has 1 aromatic heterocycles. The van der Waals surface area contributed by atoms with Gasteiger partial charge in [0.1, 0.15) is 12.0 Å². The molecule has 0 aliphatic carbocycles. The summed E-state index contributed by atoms with van der Waals surface area (Å²) in [6.45, 7) is 2.19. The topological polar surface area (TPSA) is 25.8 Å². The average Bonchev–Trinajstić information content (AvgIpc) is 2.77. The number of hydrogen-bond donors (Lipinski definition) is 0. The van der Waals surface area contributed by atoms with Gasteiger partial charge >= 0.3 is 0 Å². The number of aryl methyl sites for hydroxylation is 1. The van der Waals surface area contributed by atoms with Crippen LogP contribution in [0.25, 0.3) is 0 Å². The number of rotatable bonds is 11. The molecule has 0 spiro atoms. The molecule has 0 radical (unpaired) electrons. The fourth-order valence-electron chi connectivity index (χ4n) is 3.75. The van der Waals surface area contributed by atoms with E-state index in [0.717, 1.165) is 30.7 Å². The number of nitrogens with zero attached hydrogens (tertiary/aromatic N) is 2. The third-order valence-corrected chi connectivity index (χ3v) is 5.39. The summed E-state index contributed by atoms with van der Waals surface area (Å²) >= 11 is 0. The lowest BCUT2D eigenvalue weighted by Gasteiger charge is -2.19. The SMILES string of the molecule is CCCCCc1ncc(CC(F)CCC(c2ccccc2)c2ccccc2)cn1. The number of halogens is 1. The highest BCUT2D eigenvalue weighted by atomic mass is 19.1. The molecule has 0 N–H and O–H groups in total. The fourth-order valence-corrected chi connectivity index (χ4v) is 3.75. The van der Waals surface area contributed by atoms with Gasteiger partial charge in [0.2, 0.25) is 0 Å². The molecule has 1 atom stereocenters. The maximum atomic E-state index is 14.8. The van der Waals surface area contributed by atoms with Gasteiger partial charge in [-0.1, -0.05) is 80.4 Å². The maximum Gasteiger partial charge on any atom is 0.128 e. The molecule has 2 nitrogen and oxygen atoms in total. The van der Waals surface area contributed by atoms with Crippen LogP contribution in [0.4, 0.5) is 4.39 Å². The average molecular weight is 391 g/mol. The first kappa shape index (κ1) is 21.2. The highest BCUT2D eigenvalue weighted by Gasteiger charge is 2.17. The Hall–Kier alpha value is -2.55. The molecule has 0 aliphatic heterocycles. The number of hydrogen-bond acceptors (Lipinski definition) is 2. The Labute approximate surface area is 174 Å². The number of benzene rings is 2. The summed E-state index contributed by atoms with van der Waals surface area (Å²) in [5.74, 6) is 1.08. The summed E-state index contributed by atoms with van der Waals surface area (Å²) in [5, 5.41) is 0. The van der Waals surface area contributed by atoms with Crippen molar-refractivity contribution in [3.63, 3.8) is 0 Å². The van der Waals surface area contributed by atoms with Gasteiger partial charge in [0.25, 0.3) is 0 Å². The van der Waals surface area contributed by atoms with E-state index in [4.69, 9.17) is 0 Å². The molecule has 0 saturated carbocycles. The summed E-state index contributed by atoms with van der Waals surface area (Å²) in [7, 11) is 0. The van der Waals surface area contributed by atoms with Gasteiger partial charge in [0, 0.05) is 31.2 Å². The summed E-state index contributed by atoms with van der Waals surface area (Å²) in [6, 6.07) is 20.8. The Balaban J connectivity index is 1.57. The van der Waals surface area contributed by atoms with Gasteiger partial charge in [-0.2, -0.15) is 0 Å². The van der Waals surface area contributed by atoms with Crippen molar-refractivity contribution in [3.8, 4) is 0 Å². The van der Waals surface area contributed by atoms with Crippen LogP contribution in [-0.4, -0.2) is 16.1 Å². The van der Waals surface area contributed by atoms with Crippen LogP contribution in [0.2, 0.25) is 0 Å². The minimum atomic E-state index is -0.889. The molecule has 2 aromatic carbocycles. The Morgan fingerprint density at radius 3 is 1.93 bits per heavy atom. The molecule has 1 unspecified atom stereocenters. The smallest absolute Gasteiger partial charge is 0.128 e. The number of unbranched alkanes of at least 4 members (excludes halogenated alkanes) is 2. The number of aromatic nitrogens is 2. The lowest BCUT2D eigenvalue weighted by molar-refractivity contribution is 0.302. The fraction of sp³-hybridized carbons (Fsp3) is 0.385. The Morgan fingerprint density at radius 1 is 0.793 bits per heavy atom. The zero-order chi connectivity index (χ0) is 20.3. The Morgan fingerprint density at radius 2 is 1.38 bits per heavy atom. The van der Waals surface area contributed by atoms with E-state index < -0.39 is 6.17 Å². The van der Waals surface area contributed by atoms with Crippen LogP contribution < -0.4 is 0 Å². The normalized spacial score (nSPS) is 12.2. The van der Waals surface area contributed by atoms with E-state index in [0.29, 0.717) is 12.8 Å². The van der Waals surface area contributed by atoms with Crippen LogP contribution in [0.5, 0.6) is 0 Å². The van der Waals surface area contributed by atoms with E-state index in [1.54, 1.807) is 12.4 Å². The van der Waals surface area contributed by atoms with Gasteiger partial charge in [-0.3, -0.25) is 0 Å². The molecule has 0 aliphatic rings. The third kappa shape index (κ3) is 6.77. The predicted molar refractivity (Wildman–Crippen MR) is 118 cm³/mol. The molecule has 3 aromatic rings. The molecule has 1 heterocycles. The second kappa shape index (κ2) is 11.5. The summed E-state index contributed by atoms with van der Waals surface area (Å²) in [5.41, 5.74) is 3.36. The first-order valence-electron chi connectivity index (χ1n) is 10.8. The van der Waals surface area contributed by atoms with Crippen molar-refractivity contribution in [3.05, 3.63) is 95.6 Å². The van der Waals surface area contributed by atoms with Crippen LogP contribution in [0, 0.1) is 0 Å². The predicted octanol–water partition coefficient (Wildman–Crippen LogP) is 6.70. The first-order chi connectivity index (χ1) is 14.3. The number of alkyl halides is 1. The van der Waals surface area contributed by atoms with E-state index in [2.05, 4.69) is 65.4 Å². The molecular formula is C26H31FN2. The highest BCUT2D eigenvalue weighted by molar-refractivity contribution is 5.32. The van der Waals surface area contributed by atoms with E-state index >= 15 is 0 Å². The largest absolute Gasteiger partial charge is 0.247 e. The summed E-state index contributed by atoms with van der Waals surface area (Å²) < 4.78 is 14.8. The lowest BCUT2D eigenvalue weighted by Crippen LogP contribution is -2.10. The molecular weight excluding hydrogens is 359 g/mol. The van der Waals surface area contributed by atoms with Crippen molar-refractivity contribution in [2.45, 2.75) is 64.0 Å². The standard InChI is InChI=1S/C26H31FN2/c1-2-3-6-15-26-28-19-21(20-29-26)18-24(27)16-17-25(22-11-7-4-8-12-22)23-13-9-5-10-14-23/h4-5,7-14,19-20,24-25H,2-3,6,15-18H2,1H3. The van der Waals surface area contributed by atoms with Gasteiger partial charge < -0.3 is 0 Å². The van der Waals surface area contributed by atoms with Crippen molar-refractivity contribution in [1.82, 2.24) is 9.97 Å². The van der Waals surface area contributed by atoms with Gasteiger partial charge in [0.05, 0.1) is 0 Å². The lowest BCUT2D eigenvalue weighted by atomic mass is 9.86. The molecule has 0 fully saturated rings. The molecule has 0 amide bonds. The van der Waals surface area contributed by atoms with Crippen LogP contribution in [0.3, 0.4) is 0 Å². The van der Waals surface area contributed by atoms with E-state index in [1.165, 1.54) is 24.0 Å². The minimum absolute atomic E-state index is 0.216. The maximum absolute atomic E-state index is 14.8. The monoisotopic (exact) mass is 390 g/mol. The first-order valence-corrected chi connectivity index (χ1v) is 10.8. The third-order valence-electron chi connectivity index (χ3n) is 5.39. The summed E-state index contributed by atoms with van der Waals surface area (Å²) in [6.07, 6.45) is 8.80. The van der Waals surface area contributed by atoms with Gasteiger partial charge in [-0.05, 0) is 36.0 Å². The van der Waals surface area contributed by atoms with Crippen LogP contribution in [0.15, 0.2) is 73.1 Å². The van der Waals surface area contributed by atoms with Crippen LogP contribution in [-0.2, 0) is 12.8 Å². The molecule has 152 valence electrons. The second-order valence-electron chi connectivity index (χ2n) is 7.72. The molecule has 3 rings (SSSR count). The van der Waals surface area contributed by atoms with Crippen molar-refractivity contribution < 1.29 is 4.39 Å². The minimum Gasteiger partial charge on any atom is -0.247 e. The quantitative estimate of drug-likeness (QED) is 0.340. The van der Waals surface area contributed by atoms with Crippen LogP contribution >= 0.6 is 0 Å². The zero-order valence-electron chi connectivity index (χ0n) is 17.3. The van der Waals surface area contributed by atoms with Crippen molar-refractivity contribution in [2.75, 3.05) is 0 Å². The van der Waals surface area contributed by atoms with Crippen molar-refractivity contribution >= 4 is 0 Å². The molecule has 3 heteroatoms. The molecule has 0 bridgehead atoms. The van der Waals surface area contributed by atoms with Gasteiger partial charge in [-0.25, -0.2) is 14.4 Å². The van der Waals surface area contributed by atoms with Gasteiger partial charge in [-0.15, -0.1) is 0 Å². The molecule has 29 heavy (non-hydrogen) atoms. The van der Waals surface area contributed by atoms with E-state index in [9.17, 15) is 4.39 Å². The van der Waals surface area contributed by atoms with Crippen LogP contribution in [0.1, 0.15) is 67.5 Å². The van der Waals surface area contributed by atoms with E-state index in [1.807, 2.05) is 12.1 Å². The van der Waals surface area contributed by atoms with Crippen molar-refractivity contribution in [2.24, 2.45) is 0 Å². The van der Waals surface area contributed by atoms with Gasteiger partial charge in [0.15, 0.2) is 0 Å². The highest BCUT2D eigenvalue weighted by Crippen LogP contribution is 2.30. The zero-order valence-corrected chi connectivity index (χ0v) is 17.3. The Kier molecular flexibility index (Phi) is 8.36. The van der Waals surface area contributed by atoms with Crippen molar-refractivity contribution in [1.29, 1.82) is 0 Å². The summed E-state index contributed by atoms with van der Waals surface area (Å²) in [4.78, 5) is 8.83. The Bertz CT molecular complexity index is 779.